The van der Waals surface area contributed by atoms with Crippen molar-refractivity contribution in [1.82, 2.24) is 5.32 Å². The van der Waals surface area contributed by atoms with E-state index in [4.69, 9.17) is 9.47 Å². The van der Waals surface area contributed by atoms with E-state index in [1.165, 1.54) is 0 Å². The summed E-state index contributed by atoms with van der Waals surface area (Å²) in [6.07, 6.45) is -0.241. The average Bonchev–Trinajstić information content (AvgIpc) is 2.35. The SMILES string of the molecule is CC(Cc1ccccc1)OC(=O)CNC(=O)OC(C)(C)C. The lowest BCUT2D eigenvalue weighted by Crippen LogP contribution is -2.36. The van der Waals surface area contributed by atoms with Crippen LogP contribution in [0.1, 0.15) is 33.3 Å². The Labute approximate surface area is 125 Å². The fraction of sp³-hybridized carbons (Fsp3) is 0.500. The van der Waals surface area contributed by atoms with Crippen LogP contribution in [0.5, 0.6) is 0 Å². The van der Waals surface area contributed by atoms with Gasteiger partial charge in [-0.25, -0.2) is 4.79 Å². The fourth-order valence-corrected chi connectivity index (χ4v) is 1.71. The third kappa shape index (κ3) is 7.97. The molecule has 0 saturated heterocycles. The van der Waals surface area contributed by atoms with Crippen molar-refractivity contribution >= 4 is 12.1 Å². The predicted octanol–water partition coefficient (Wildman–Crippen LogP) is 2.69. The van der Waals surface area contributed by atoms with Gasteiger partial charge in [-0.1, -0.05) is 30.3 Å². The fourth-order valence-electron chi connectivity index (χ4n) is 1.71. The minimum absolute atomic E-state index is 0.200. The molecule has 0 fully saturated rings. The largest absolute Gasteiger partial charge is 0.461 e. The van der Waals surface area contributed by atoms with Gasteiger partial charge in [0.15, 0.2) is 0 Å². The lowest BCUT2D eigenvalue weighted by molar-refractivity contribution is -0.147. The van der Waals surface area contributed by atoms with Gasteiger partial charge in [-0.05, 0) is 33.3 Å². The second kappa shape index (κ2) is 7.67. The molecule has 0 bridgehead atoms. The monoisotopic (exact) mass is 293 g/mol. The van der Waals surface area contributed by atoms with Gasteiger partial charge >= 0.3 is 12.1 Å². The molecule has 0 aliphatic heterocycles. The molecule has 0 aromatic heterocycles. The van der Waals surface area contributed by atoms with Crippen molar-refractivity contribution in [1.29, 1.82) is 0 Å². The molecule has 1 N–H and O–H groups in total. The van der Waals surface area contributed by atoms with Crippen LogP contribution >= 0.6 is 0 Å². The molecule has 0 aliphatic rings. The molecule has 0 heterocycles. The molecule has 5 nitrogen and oxygen atoms in total. The first-order valence-electron chi connectivity index (χ1n) is 6.96. The van der Waals surface area contributed by atoms with Crippen LogP contribution < -0.4 is 5.32 Å². The summed E-state index contributed by atoms with van der Waals surface area (Å²) in [4.78, 5) is 23.0. The Hall–Kier alpha value is -2.04. The highest BCUT2D eigenvalue weighted by Crippen LogP contribution is 2.07. The summed E-state index contributed by atoms with van der Waals surface area (Å²) in [6.45, 7) is 6.89. The quantitative estimate of drug-likeness (QED) is 0.848. The van der Waals surface area contributed by atoms with E-state index in [1.54, 1.807) is 20.8 Å². The van der Waals surface area contributed by atoms with Gasteiger partial charge in [-0.15, -0.1) is 0 Å². The van der Waals surface area contributed by atoms with E-state index in [-0.39, 0.29) is 12.6 Å². The maximum absolute atomic E-state index is 11.6. The average molecular weight is 293 g/mol. The molecule has 0 radical (unpaired) electrons. The van der Waals surface area contributed by atoms with Crippen LogP contribution in [0.3, 0.4) is 0 Å². The van der Waals surface area contributed by atoms with Crippen molar-refractivity contribution in [2.75, 3.05) is 6.54 Å². The van der Waals surface area contributed by atoms with Crippen molar-refractivity contribution < 1.29 is 19.1 Å². The minimum atomic E-state index is -0.629. The van der Waals surface area contributed by atoms with Crippen molar-refractivity contribution in [3.05, 3.63) is 35.9 Å². The third-order valence-corrected chi connectivity index (χ3v) is 2.47. The Morgan fingerprint density at radius 2 is 1.81 bits per heavy atom. The number of carbonyl (C=O) groups excluding carboxylic acids is 2. The molecule has 0 aliphatic carbocycles. The second-order valence-electron chi connectivity index (χ2n) is 5.85. The molecule has 1 aromatic rings. The summed E-state index contributed by atoms with van der Waals surface area (Å²) >= 11 is 0. The molecular weight excluding hydrogens is 270 g/mol. The van der Waals surface area contributed by atoms with E-state index in [0.29, 0.717) is 6.42 Å². The predicted molar refractivity (Wildman–Crippen MR) is 79.9 cm³/mol. The summed E-state index contributed by atoms with van der Waals surface area (Å²) in [5.74, 6) is -0.482. The van der Waals surface area contributed by atoms with E-state index in [0.717, 1.165) is 5.56 Å². The Balaban J connectivity index is 2.29. The molecule has 116 valence electrons. The summed E-state index contributed by atoms with van der Waals surface area (Å²) < 4.78 is 10.3. The number of amides is 1. The van der Waals surface area contributed by atoms with Gasteiger partial charge in [-0.2, -0.15) is 0 Å². The molecule has 0 spiro atoms. The van der Waals surface area contributed by atoms with E-state index < -0.39 is 17.7 Å². The van der Waals surface area contributed by atoms with Crippen LogP contribution in [0.15, 0.2) is 30.3 Å². The Morgan fingerprint density at radius 3 is 2.38 bits per heavy atom. The van der Waals surface area contributed by atoms with Crippen LogP contribution in [-0.4, -0.2) is 30.3 Å². The number of benzene rings is 1. The normalized spacial score (nSPS) is 12.4. The van der Waals surface area contributed by atoms with Gasteiger partial charge in [-0.3, -0.25) is 4.79 Å². The first-order valence-corrected chi connectivity index (χ1v) is 6.96. The van der Waals surface area contributed by atoms with Gasteiger partial charge in [0.25, 0.3) is 0 Å². The number of alkyl carbamates (subject to hydrolysis) is 1. The Kier molecular flexibility index (Phi) is 6.21. The lowest BCUT2D eigenvalue weighted by Gasteiger charge is -2.19. The highest BCUT2D eigenvalue weighted by atomic mass is 16.6. The topological polar surface area (TPSA) is 64.6 Å². The first kappa shape index (κ1) is 17.0. The van der Waals surface area contributed by atoms with Gasteiger partial charge in [0.05, 0.1) is 0 Å². The standard InChI is InChI=1S/C16H23NO4/c1-12(10-13-8-6-5-7-9-13)20-14(18)11-17-15(19)21-16(2,3)4/h5-9,12H,10-11H2,1-4H3,(H,17,19). The second-order valence-corrected chi connectivity index (χ2v) is 5.85. The zero-order valence-electron chi connectivity index (χ0n) is 13.0. The van der Waals surface area contributed by atoms with E-state index >= 15 is 0 Å². The highest BCUT2D eigenvalue weighted by molar-refractivity contribution is 5.78. The summed E-state index contributed by atoms with van der Waals surface area (Å²) in [7, 11) is 0. The highest BCUT2D eigenvalue weighted by Gasteiger charge is 2.17. The number of ether oxygens (including phenoxy) is 2. The smallest absolute Gasteiger partial charge is 0.408 e. The molecule has 1 atom stereocenters. The van der Waals surface area contributed by atoms with E-state index in [1.807, 2.05) is 37.3 Å². The minimum Gasteiger partial charge on any atom is -0.461 e. The maximum atomic E-state index is 11.6. The van der Waals surface area contributed by atoms with Crippen LogP contribution in [-0.2, 0) is 20.7 Å². The number of hydrogen-bond donors (Lipinski definition) is 1. The summed E-state index contributed by atoms with van der Waals surface area (Å²) in [6, 6.07) is 9.76. The molecule has 0 saturated carbocycles. The number of hydrogen-bond acceptors (Lipinski definition) is 4. The molecule has 1 amide bonds. The maximum Gasteiger partial charge on any atom is 0.408 e. The molecule has 1 aromatic carbocycles. The molecular formula is C16H23NO4. The zero-order valence-corrected chi connectivity index (χ0v) is 13.0. The van der Waals surface area contributed by atoms with E-state index in [9.17, 15) is 9.59 Å². The first-order chi connectivity index (χ1) is 9.76. The summed E-state index contributed by atoms with van der Waals surface area (Å²) in [5, 5.41) is 2.37. The van der Waals surface area contributed by atoms with Crippen molar-refractivity contribution in [3.63, 3.8) is 0 Å². The number of esters is 1. The third-order valence-electron chi connectivity index (χ3n) is 2.47. The van der Waals surface area contributed by atoms with Crippen molar-refractivity contribution in [2.45, 2.75) is 45.8 Å². The molecule has 5 heteroatoms. The van der Waals surface area contributed by atoms with Gasteiger partial charge in [0.1, 0.15) is 18.2 Å². The molecule has 21 heavy (non-hydrogen) atoms. The van der Waals surface area contributed by atoms with Crippen LogP contribution in [0.4, 0.5) is 4.79 Å². The molecule has 1 unspecified atom stereocenters. The number of carbonyl (C=O) groups is 2. The van der Waals surface area contributed by atoms with Crippen LogP contribution in [0, 0.1) is 0 Å². The number of nitrogens with one attached hydrogen (secondary N) is 1. The van der Waals surface area contributed by atoms with Crippen LogP contribution in [0.2, 0.25) is 0 Å². The Morgan fingerprint density at radius 1 is 1.19 bits per heavy atom. The number of rotatable bonds is 5. The van der Waals surface area contributed by atoms with Crippen molar-refractivity contribution in [3.8, 4) is 0 Å². The van der Waals surface area contributed by atoms with Crippen molar-refractivity contribution in [2.24, 2.45) is 0 Å². The van der Waals surface area contributed by atoms with Gasteiger partial charge in [0.2, 0.25) is 0 Å². The van der Waals surface area contributed by atoms with Crippen LogP contribution in [0.25, 0.3) is 0 Å². The van der Waals surface area contributed by atoms with Gasteiger partial charge in [0, 0.05) is 6.42 Å². The van der Waals surface area contributed by atoms with E-state index in [2.05, 4.69) is 5.32 Å². The zero-order chi connectivity index (χ0) is 15.9. The molecule has 1 rings (SSSR count). The Bertz CT molecular complexity index is 465. The van der Waals surface area contributed by atoms with Gasteiger partial charge < -0.3 is 14.8 Å². The lowest BCUT2D eigenvalue weighted by atomic mass is 10.1. The summed E-state index contributed by atoms with van der Waals surface area (Å²) in [5.41, 5.74) is 0.507.